The predicted octanol–water partition coefficient (Wildman–Crippen LogP) is 3.88. The van der Waals surface area contributed by atoms with Crippen molar-refractivity contribution < 1.29 is 0 Å². The van der Waals surface area contributed by atoms with Gasteiger partial charge in [0, 0.05) is 12.2 Å². The van der Waals surface area contributed by atoms with Crippen molar-refractivity contribution in [2.24, 2.45) is 0 Å². The summed E-state index contributed by atoms with van der Waals surface area (Å²) in [5, 5.41) is 3.44. The number of benzene rings is 2. The Balaban J connectivity index is 2.12. The zero-order valence-electron chi connectivity index (χ0n) is 10.2. The van der Waals surface area contributed by atoms with Gasteiger partial charge in [-0.2, -0.15) is 0 Å². The van der Waals surface area contributed by atoms with E-state index >= 15 is 0 Å². The van der Waals surface area contributed by atoms with Gasteiger partial charge in [-0.3, -0.25) is 0 Å². The highest BCUT2D eigenvalue weighted by atomic mass is 14.9. The van der Waals surface area contributed by atoms with Crippen LogP contribution < -0.4 is 5.32 Å². The minimum atomic E-state index is 1.07. The molecule has 0 unspecified atom stereocenters. The van der Waals surface area contributed by atoms with Crippen molar-refractivity contribution in [3.05, 3.63) is 53.6 Å². The number of anilines is 1. The smallest absolute Gasteiger partial charge is 0.0379 e. The highest BCUT2D eigenvalue weighted by Crippen LogP contribution is 2.33. The van der Waals surface area contributed by atoms with Gasteiger partial charge >= 0.3 is 0 Å². The molecule has 2 aromatic rings. The number of rotatable bonds is 2. The van der Waals surface area contributed by atoms with Crippen molar-refractivity contribution in [1.82, 2.24) is 0 Å². The maximum atomic E-state index is 3.44. The predicted molar refractivity (Wildman–Crippen MR) is 73.4 cm³/mol. The number of fused-ring (bicyclic) bond motifs is 1. The lowest BCUT2D eigenvalue weighted by Gasteiger charge is -2.09. The van der Waals surface area contributed by atoms with Crippen molar-refractivity contribution in [3.8, 4) is 11.1 Å². The molecule has 0 aromatic heterocycles. The molecule has 0 aliphatic carbocycles. The SMILES string of the molecule is CCc1cccc(-c2cccc3c2CCN3)c1. The van der Waals surface area contributed by atoms with Gasteiger partial charge in [0.25, 0.3) is 0 Å². The Hall–Kier alpha value is -1.76. The van der Waals surface area contributed by atoms with Crippen molar-refractivity contribution in [2.45, 2.75) is 19.8 Å². The number of hydrogen-bond acceptors (Lipinski definition) is 1. The lowest BCUT2D eigenvalue weighted by molar-refractivity contribution is 1.11. The molecule has 1 N–H and O–H groups in total. The second kappa shape index (κ2) is 4.25. The fourth-order valence-electron chi connectivity index (χ4n) is 2.57. The fourth-order valence-corrected chi connectivity index (χ4v) is 2.57. The Morgan fingerprint density at radius 1 is 1.12 bits per heavy atom. The van der Waals surface area contributed by atoms with Gasteiger partial charge in [-0.25, -0.2) is 0 Å². The van der Waals surface area contributed by atoms with Gasteiger partial charge in [0.15, 0.2) is 0 Å². The van der Waals surface area contributed by atoms with Crippen molar-refractivity contribution in [3.63, 3.8) is 0 Å². The summed E-state index contributed by atoms with van der Waals surface area (Å²) in [5.74, 6) is 0. The average Bonchev–Trinajstić information content (AvgIpc) is 2.87. The Morgan fingerprint density at radius 2 is 2.00 bits per heavy atom. The maximum absolute atomic E-state index is 3.44. The third kappa shape index (κ3) is 1.82. The molecule has 1 heteroatoms. The molecule has 0 saturated heterocycles. The van der Waals surface area contributed by atoms with Crippen molar-refractivity contribution in [1.29, 1.82) is 0 Å². The first-order chi connectivity index (χ1) is 8.38. The van der Waals surface area contributed by atoms with Crippen LogP contribution in [-0.4, -0.2) is 6.54 Å². The van der Waals surface area contributed by atoms with Crippen LogP contribution in [0.2, 0.25) is 0 Å². The summed E-state index contributed by atoms with van der Waals surface area (Å²) in [6, 6.07) is 15.4. The van der Waals surface area contributed by atoms with E-state index in [1.165, 1.54) is 27.9 Å². The van der Waals surface area contributed by atoms with E-state index in [9.17, 15) is 0 Å². The Labute approximate surface area is 102 Å². The fraction of sp³-hybridized carbons (Fsp3) is 0.250. The molecule has 0 amide bonds. The van der Waals surface area contributed by atoms with Crippen LogP contribution in [0.25, 0.3) is 11.1 Å². The number of nitrogens with one attached hydrogen (secondary N) is 1. The normalized spacial score (nSPS) is 13.2. The molecule has 2 aromatic carbocycles. The van der Waals surface area contributed by atoms with Gasteiger partial charge in [-0.15, -0.1) is 0 Å². The topological polar surface area (TPSA) is 12.0 Å². The molecule has 0 fully saturated rings. The summed E-state index contributed by atoms with van der Waals surface area (Å²) in [6.07, 6.45) is 2.24. The molecule has 1 aliphatic rings. The minimum absolute atomic E-state index is 1.07. The first-order valence-electron chi connectivity index (χ1n) is 6.33. The Kier molecular flexibility index (Phi) is 2.60. The quantitative estimate of drug-likeness (QED) is 0.814. The Bertz CT molecular complexity index is 543. The van der Waals surface area contributed by atoms with Crippen LogP contribution in [0, 0.1) is 0 Å². The molecule has 0 radical (unpaired) electrons. The van der Waals surface area contributed by atoms with Crippen LogP contribution in [-0.2, 0) is 12.8 Å². The molecular formula is C16H17N. The van der Waals surface area contributed by atoms with Crippen LogP contribution >= 0.6 is 0 Å². The molecule has 0 saturated carbocycles. The van der Waals surface area contributed by atoms with Gasteiger partial charge in [0.05, 0.1) is 0 Å². The first-order valence-corrected chi connectivity index (χ1v) is 6.33. The van der Waals surface area contributed by atoms with E-state index in [-0.39, 0.29) is 0 Å². The van der Waals surface area contributed by atoms with Crippen LogP contribution in [0.5, 0.6) is 0 Å². The van der Waals surface area contributed by atoms with Crippen LogP contribution in [0.15, 0.2) is 42.5 Å². The average molecular weight is 223 g/mol. The third-order valence-electron chi connectivity index (χ3n) is 3.51. The molecule has 0 atom stereocenters. The van der Waals surface area contributed by atoms with Gasteiger partial charge in [0.2, 0.25) is 0 Å². The second-order valence-corrected chi connectivity index (χ2v) is 4.56. The zero-order valence-corrected chi connectivity index (χ0v) is 10.2. The van der Waals surface area contributed by atoms with Crippen LogP contribution in [0.1, 0.15) is 18.1 Å². The van der Waals surface area contributed by atoms with Crippen molar-refractivity contribution >= 4 is 5.69 Å². The van der Waals surface area contributed by atoms with Crippen molar-refractivity contribution in [2.75, 3.05) is 11.9 Å². The summed E-state index contributed by atoms with van der Waals surface area (Å²) in [6.45, 7) is 3.27. The zero-order chi connectivity index (χ0) is 11.7. The van der Waals surface area contributed by atoms with E-state index in [1.54, 1.807) is 0 Å². The molecule has 17 heavy (non-hydrogen) atoms. The summed E-state index contributed by atoms with van der Waals surface area (Å²) >= 11 is 0. The van der Waals surface area contributed by atoms with Gasteiger partial charge in [0.1, 0.15) is 0 Å². The minimum Gasteiger partial charge on any atom is -0.384 e. The van der Waals surface area contributed by atoms with E-state index in [1.807, 2.05) is 0 Å². The molecule has 0 bridgehead atoms. The summed E-state index contributed by atoms with van der Waals surface area (Å²) in [4.78, 5) is 0. The highest BCUT2D eigenvalue weighted by Gasteiger charge is 2.14. The summed E-state index contributed by atoms with van der Waals surface area (Å²) in [5.41, 5.74) is 6.93. The molecule has 1 heterocycles. The summed E-state index contributed by atoms with van der Waals surface area (Å²) in [7, 11) is 0. The lowest BCUT2D eigenvalue weighted by atomic mass is 9.96. The largest absolute Gasteiger partial charge is 0.384 e. The first kappa shape index (κ1) is 10.4. The van der Waals surface area contributed by atoms with E-state index in [4.69, 9.17) is 0 Å². The number of aryl methyl sites for hydroxylation is 1. The molecule has 86 valence electrons. The van der Waals surface area contributed by atoms with E-state index < -0.39 is 0 Å². The van der Waals surface area contributed by atoms with Gasteiger partial charge in [-0.1, -0.05) is 43.3 Å². The monoisotopic (exact) mass is 223 g/mol. The third-order valence-corrected chi connectivity index (χ3v) is 3.51. The maximum Gasteiger partial charge on any atom is 0.0379 e. The molecule has 0 spiro atoms. The lowest BCUT2D eigenvalue weighted by Crippen LogP contribution is -1.90. The van der Waals surface area contributed by atoms with Gasteiger partial charge in [-0.05, 0) is 41.2 Å². The summed E-state index contributed by atoms with van der Waals surface area (Å²) < 4.78 is 0. The number of hydrogen-bond donors (Lipinski definition) is 1. The van der Waals surface area contributed by atoms with E-state index in [2.05, 4.69) is 54.7 Å². The Morgan fingerprint density at radius 3 is 2.88 bits per heavy atom. The highest BCUT2D eigenvalue weighted by molar-refractivity contribution is 5.76. The van der Waals surface area contributed by atoms with E-state index in [0.29, 0.717) is 0 Å². The molecule has 1 aliphatic heterocycles. The molecule has 3 rings (SSSR count). The van der Waals surface area contributed by atoms with E-state index in [0.717, 1.165) is 19.4 Å². The standard InChI is InChI=1S/C16H17N/c1-2-12-5-3-6-13(11-12)14-7-4-8-16-15(14)9-10-17-16/h3-8,11,17H,2,9-10H2,1H3. The molecular weight excluding hydrogens is 206 g/mol. The van der Waals surface area contributed by atoms with Crippen LogP contribution in [0.4, 0.5) is 5.69 Å². The molecule has 1 nitrogen and oxygen atoms in total. The second-order valence-electron chi connectivity index (χ2n) is 4.56. The van der Waals surface area contributed by atoms with Crippen LogP contribution in [0.3, 0.4) is 0 Å². The van der Waals surface area contributed by atoms with Gasteiger partial charge < -0.3 is 5.32 Å².